The molecule has 0 aliphatic carbocycles. The van der Waals surface area contributed by atoms with Crippen LogP contribution in [0, 0.1) is 5.92 Å². The number of ether oxygens (including phenoxy) is 1. The van der Waals surface area contributed by atoms with Gasteiger partial charge in [-0.2, -0.15) is 0 Å². The summed E-state index contributed by atoms with van der Waals surface area (Å²) in [6, 6.07) is 3.86. The zero-order valence-electron chi connectivity index (χ0n) is 13.8. The minimum Gasteiger partial charge on any atom is -0.381 e. The van der Waals surface area contributed by atoms with Crippen LogP contribution in [-0.4, -0.2) is 66.6 Å². The zero-order chi connectivity index (χ0) is 15.9. The van der Waals surface area contributed by atoms with Crippen LogP contribution in [0.25, 0.3) is 0 Å². The molecule has 0 saturated carbocycles. The van der Waals surface area contributed by atoms with Gasteiger partial charge in [-0.3, -0.25) is 9.78 Å². The van der Waals surface area contributed by atoms with E-state index >= 15 is 0 Å². The van der Waals surface area contributed by atoms with E-state index in [4.69, 9.17) is 4.74 Å². The van der Waals surface area contributed by atoms with E-state index in [0.717, 1.165) is 57.9 Å². The largest absolute Gasteiger partial charge is 0.381 e. The van der Waals surface area contributed by atoms with Gasteiger partial charge in [-0.15, -0.1) is 0 Å². The number of hydrogen-bond acceptors (Lipinski definition) is 4. The molecule has 0 N–H and O–H groups in total. The van der Waals surface area contributed by atoms with Crippen molar-refractivity contribution in [2.45, 2.75) is 25.7 Å². The number of amides is 1. The van der Waals surface area contributed by atoms with Crippen molar-refractivity contribution in [3.63, 3.8) is 0 Å². The Morgan fingerprint density at radius 3 is 3.00 bits per heavy atom. The molecule has 2 fully saturated rings. The van der Waals surface area contributed by atoms with Crippen LogP contribution >= 0.6 is 0 Å². The lowest BCUT2D eigenvalue weighted by Crippen LogP contribution is -2.38. The summed E-state index contributed by atoms with van der Waals surface area (Å²) in [5.74, 6) is 0.891. The number of nitrogens with zero attached hydrogens (tertiary/aromatic N) is 3. The normalized spacial score (nSPS) is 23.5. The summed E-state index contributed by atoms with van der Waals surface area (Å²) in [6.45, 7) is 6.73. The van der Waals surface area contributed by atoms with Crippen molar-refractivity contribution in [2.24, 2.45) is 5.92 Å². The van der Waals surface area contributed by atoms with Crippen molar-refractivity contribution in [1.82, 2.24) is 14.8 Å². The first-order chi connectivity index (χ1) is 11.3. The molecule has 126 valence electrons. The molecule has 5 nitrogen and oxygen atoms in total. The fourth-order valence-corrected chi connectivity index (χ4v) is 3.51. The number of pyridine rings is 1. The summed E-state index contributed by atoms with van der Waals surface area (Å²) in [5, 5.41) is 0. The number of aromatic nitrogens is 1. The summed E-state index contributed by atoms with van der Waals surface area (Å²) in [7, 11) is 0. The third kappa shape index (κ3) is 5.01. The Morgan fingerprint density at radius 2 is 2.22 bits per heavy atom. The van der Waals surface area contributed by atoms with Crippen LogP contribution in [0.1, 0.15) is 24.8 Å². The van der Waals surface area contributed by atoms with Crippen LogP contribution in [-0.2, 0) is 16.0 Å². The van der Waals surface area contributed by atoms with Crippen LogP contribution < -0.4 is 0 Å². The van der Waals surface area contributed by atoms with Gasteiger partial charge < -0.3 is 14.5 Å². The maximum absolute atomic E-state index is 12.5. The Kier molecular flexibility index (Phi) is 6.00. The fourth-order valence-electron chi connectivity index (χ4n) is 3.51. The molecule has 23 heavy (non-hydrogen) atoms. The quantitative estimate of drug-likeness (QED) is 0.846. The highest BCUT2D eigenvalue weighted by atomic mass is 16.5. The SMILES string of the molecule is O=C(Cc1cccnc1)N1CCCN(CC2CCCOC2)CC1. The van der Waals surface area contributed by atoms with Crippen molar-refractivity contribution in [3.8, 4) is 0 Å². The molecule has 5 heteroatoms. The van der Waals surface area contributed by atoms with Gasteiger partial charge in [-0.1, -0.05) is 6.07 Å². The van der Waals surface area contributed by atoms with E-state index in [-0.39, 0.29) is 5.91 Å². The Bertz CT molecular complexity index is 488. The topological polar surface area (TPSA) is 45.7 Å². The van der Waals surface area contributed by atoms with Gasteiger partial charge in [0.25, 0.3) is 0 Å². The fraction of sp³-hybridized carbons (Fsp3) is 0.667. The summed E-state index contributed by atoms with van der Waals surface area (Å²) < 4.78 is 5.58. The maximum Gasteiger partial charge on any atom is 0.227 e. The molecule has 0 radical (unpaired) electrons. The summed E-state index contributed by atoms with van der Waals surface area (Å²) in [5.41, 5.74) is 0.998. The average molecular weight is 317 g/mol. The monoisotopic (exact) mass is 317 g/mol. The smallest absolute Gasteiger partial charge is 0.227 e. The molecule has 0 spiro atoms. The van der Waals surface area contributed by atoms with Crippen LogP contribution in [0.2, 0.25) is 0 Å². The first kappa shape index (κ1) is 16.4. The van der Waals surface area contributed by atoms with E-state index < -0.39 is 0 Å². The second kappa shape index (κ2) is 8.41. The maximum atomic E-state index is 12.5. The molecule has 1 atom stereocenters. The second-order valence-electron chi connectivity index (χ2n) is 6.66. The molecule has 1 unspecified atom stereocenters. The van der Waals surface area contributed by atoms with Crippen molar-refractivity contribution >= 4 is 5.91 Å². The van der Waals surface area contributed by atoms with Crippen LogP contribution in [0.3, 0.4) is 0 Å². The molecule has 2 saturated heterocycles. The molecule has 2 aliphatic rings. The highest BCUT2D eigenvalue weighted by molar-refractivity contribution is 5.78. The molecular weight excluding hydrogens is 290 g/mol. The molecule has 0 aromatic carbocycles. The lowest BCUT2D eigenvalue weighted by atomic mass is 10.0. The Balaban J connectivity index is 1.46. The average Bonchev–Trinajstić information content (AvgIpc) is 2.82. The molecule has 1 amide bonds. The van der Waals surface area contributed by atoms with Gasteiger partial charge >= 0.3 is 0 Å². The van der Waals surface area contributed by atoms with Gasteiger partial charge in [0.2, 0.25) is 5.91 Å². The van der Waals surface area contributed by atoms with Gasteiger partial charge in [0.15, 0.2) is 0 Å². The van der Waals surface area contributed by atoms with E-state index in [1.165, 1.54) is 12.8 Å². The van der Waals surface area contributed by atoms with E-state index in [2.05, 4.69) is 9.88 Å². The molecule has 3 rings (SSSR count). The third-order valence-corrected chi connectivity index (χ3v) is 4.79. The van der Waals surface area contributed by atoms with Crippen molar-refractivity contribution in [1.29, 1.82) is 0 Å². The predicted octanol–water partition coefficient (Wildman–Crippen LogP) is 1.58. The number of carbonyl (C=O) groups is 1. The van der Waals surface area contributed by atoms with E-state index in [1.54, 1.807) is 12.4 Å². The number of rotatable bonds is 4. The van der Waals surface area contributed by atoms with Gasteiger partial charge in [-0.25, -0.2) is 0 Å². The zero-order valence-corrected chi connectivity index (χ0v) is 13.8. The lowest BCUT2D eigenvalue weighted by Gasteiger charge is -2.28. The minimum absolute atomic E-state index is 0.223. The molecule has 3 heterocycles. The van der Waals surface area contributed by atoms with Gasteiger partial charge in [-0.05, 0) is 43.4 Å². The van der Waals surface area contributed by atoms with E-state index in [1.807, 2.05) is 17.0 Å². The van der Waals surface area contributed by atoms with Crippen LogP contribution in [0.15, 0.2) is 24.5 Å². The minimum atomic E-state index is 0.223. The van der Waals surface area contributed by atoms with E-state index in [0.29, 0.717) is 12.3 Å². The number of hydrogen-bond donors (Lipinski definition) is 0. The Morgan fingerprint density at radius 1 is 1.26 bits per heavy atom. The Hall–Kier alpha value is -1.46. The van der Waals surface area contributed by atoms with E-state index in [9.17, 15) is 4.79 Å². The summed E-state index contributed by atoms with van der Waals surface area (Å²) in [6.07, 6.45) is 7.52. The van der Waals surface area contributed by atoms with Gasteiger partial charge in [0, 0.05) is 45.2 Å². The first-order valence-electron chi connectivity index (χ1n) is 8.78. The summed E-state index contributed by atoms with van der Waals surface area (Å²) >= 11 is 0. The highest BCUT2D eigenvalue weighted by Gasteiger charge is 2.22. The summed E-state index contributed by atoms with van der Waals surface area (Å²) in [4.78, 5) is 21.1. The molecule has 1 aromatic heterocycles. The lowest BCUT2D eigenvalue weighted by molar-refractivity contribution is -0.130. The van der Waals surface area contributed by atoms with Gasteiger partial charge in [0.1, 0.15) is 0 Å². The standard InChI is InChI=1S/C18H27N3O2/c22-18(12-16-4-1-6-19-13-16)21-8-3-7-20(9-10-21)14-17-5-2-11-23-15-17/h1,4,6,13,17H,2-3,5,7-12,14-15H2. The number of carbonyl (C=O) groups excluding carboxylic acids is 1. The molecular formula is C18H27N3O2. The predicted molar refractivity (Wildman–Crippen MR) is 89.1 cm³/mol. The Labute approximate surface area is 138 Å². The van der Waals surface area contributed by atoms with Crippen molar-refractivity contribution in [2.75, 3.05) is 45.9 Å². The third-order valence-electron chi connectivity index (χ3n) is 4.79. The second-order valence-corrected chi connectivity index (χ2v) is 6.66. The molecule has 1 aromatic rings. The van der Waals surface area contributed by atoms with Crippen molar-refractivity contribution in [3.05, 3.63) is 30.1 Å². The van der Waals surface area contributed by atoms with Crippen LogP contribution in [0.4, 0.5) is 0 Å². The molecule has 0 bridgehead atoms. The molecule has 2 aliphatic heterocycles. The van der Waals surface area contributed by atoms with Crippen molar-refractivity contribution < 1.29 is 9.53 Å². The highest BCUT2D eigenvalue weighted by Crippen LogP contribution is 2.16. The van der Waals surface area contributed by atoms with Gasteiger partial charge in [0.05, 0.1) is 13.0 Å². The first-order valence-corrected chi connectivity index (χ1v) is 8.78. The van der Waals surface area contributed by atoms with Crippen LogP contribution in [0.5, 0.6) is 0 Å².